The minimum atomic E-state index is -1.78. The molecule has 4 rings (SSSR count). The van der Waals surface area contributed by atoms with Crippen LogP contribution in [0, 0.1) is 11.6 Å². The first kappa shape index (κ1) is 21.3. The summed E-state index contributed by atoms with van der Waals surface area (Å²) in [4.78, 5) is 8.06. The Hall–Kier alpha value is -3.92. The Labute approximate surface area is 182 Å². The van der Waals surface area contributed by atoms with Crippen molar-refractivity contribution >= 4 is 12.2 Å². The highest BCUT2D eigenvalue weighted by Gasteiger charge is 2.34. The lowest BCUT2D eigenvalue weighted by Crippen LogP contribution is -2.37. The van der Waals surface area contributed by atoms with Gasteiger partial charge in [0.2, 0.25) is 0 Å². The number of hydrogen-bond donors (Lipinski definition) is 1. The second-order valence-corrected chi connectivity index (χ2v) is 7.16. The average Bonchev–Trinajstić information content (AvgIpc) is 3.44. The van der Waals surface area contributed by atoms with Crippen molar-refractivity contribution in [1.29, 1.82) is 0 Å². The number of rotatable bonds is 8. The van der Waals surface area contributed by atoms with E-state index in [1.165, 1.54) is 34.4 Å². The molecule has 32 heavy (non-hydrogen) atoms. The zero-order valence-electron chi connectivity index (χ0n) is 17.1. The summed E-state index contributed by atoms with van der Waals surface area (Å²) >= 11 is 0. The molecule has 1 atom stereocenters. The molecule has 1 N–H and O–H groups in total. The lowest BCUT2D eigenvalue weighted by Gasteiger charge is -2.28. The molecule has 0 aliphatic heterocycles. The third-order valence-corrected chi connectivity index (χ3v) is 4.84. The van der Waals surface area contributed by atoms with Crippen LogP contribution in [-0.4, -0.2) is 41.7 Å². The van der Waals surface area contributed by atoms with E-state index in [9.17, 15) is 13.9 Å². The fourth-order valence-electron chi connectivity index (χ4n) is 3.28. The van der Waals surface area contributed by atoms with Gasteiger partial charge in [0.05, 0.1) is 20.2 Å². The number of hydrogen-bond acceptors (Lipinski definition) is 6. The van der Waals surface area contributed by atoms with Crippen molar-refractivity contribution in [3.8, 4) is 5.75 Å². The molecule has 2 aromatic heterocycles. The second-order valence-electron chi connectivity index (χ2n) is 7.16. The van der Waals surface area contributed by atoms with E-state index >= 15 is 0 Å². The van der Waals surface area contributed by atoms with Crippen molar-refractivity contribution < 1.29 is 18.6 Å². The Morgan fingerprint density at radius 1 is 1.03 bits per heavy atom. The van der Waals surface area contributed by atoms with Crippen molar-refractivity contribution in [3.05, 3.63) is 90.0 Å². The number of methoxy groups -OCH3 is 1. The number of ether oxygens (including phenoxy) is 1. The maximum atomic E-state index is 14.5. The number of aliphatic hydroxyl groups is 1. The van der Waals surface area contributed by atoms with Crippen molar-refractivity contribution in [2.45, 2.75) is 18.7 Å². The molecule has 164 valence electrons. The van der Waals surface area contributed by atoms with E-state index in [1.807, 2.05) is 30.3 Å². The molecule has 1 unspecified atom stereocenters. The standard InChI is InChI=1S/C22H20F2N6O2/c1-32-18-6-2-16(3-7-18)4-9-21-26-15-30(28-21)12-22(31,11-29-14-25-13-27-29)19-8-5-17(23)10-20(19)24/h2-10,13-15,31H,11-12H2,1H3. The van der Waals surface area contributed by atoms with Gasteiger partial charge in [-0.05, 0) is 29.8 Å². The van der Waals surface area contributed by atoms with E-state index in [-0.39, 0.29) is 18.7 Å². The third kappa shape index (κ3) is 4.86. The average molecular weight is 438 g/mol. The largest absolute Gasteiger partial charge is 0.497 e. The topological polar surface area (TPSA) is 90.9 Å². The van der Waals surface area contributed by atoms with Crippen LogP contribution in [0.25, 0.3) is 12.2 Å². The molecule has 0 bridgehead atoms. The van der Waals surface area contributed by atoms with Crippen LogP contribution in [0.1, 0.15) is 17.0 Å². The highest BCUT2D eigenvalue weighted by molar-refractivity contribution is 5.66. The summed E-state index contributed by atoms with van der Waals surface area (Å²) in [6, 6.07) is 10.5. The number of aromatic nitrogens is 6. The van der Waals surface area contributed by atoms with Gasteiger partial charge in [0.1, 0.15) is 42.0 Å². The van der Waals surface area contributed by atoms with E-state index in [1.54, 1.807) is 13.2 Å². The minimum Gasteiger partial charge on any atom is -0.497 e. The Balaban J connectivity index is 1.57. The number of halogens is 2. The van der Waals surface area contributed by atoms with Gasteiger partial charge in [-0.3, -0.25) is 0 Å². The van der Waals surface area contributed by atoms with Crippen LogP contribution in [0.4, 0.5) is 8.78 Å². The van der Waals surface area contributed by atoms with E-state index in [2.05, 4.69) is 20.2 Å². The summed E-state index contributed by atoms with van der Waals surface area (Å²) in [6.07, 6.45) is 7.69. The molecule has 0 aliphatic rings. The Bertz CT molecular complexity index is 1210. The van der Waals surface area contributed by atoms with Crippen LogP contribution in [0.15, 0.2) is 61.4 Å². The van der Waals surface area contributed by atoms with Crippen molar-refractivity contribution in [3.63, 3.8) is 0 Å². The lowest BCUT2D eigenvalue weighted by atomic mass is 9.93. The second kappa shape index (κ2) is 9.06. The van der Waals surface area contributed by atoms with E-state index in [4.69, 9.17) is 4.74 Å². The van der Waals surface area contributed by atoms with Gasteiger partial charge in [0, 0.05) is 11.6 Å². The summed E-state index contributed by atoms with van der Waals surface area (Å²) in [5, 5.41) is 19.7. The third-order valence-electron chi connectivity index (χ3n) is 4.84. The molecule has 0 spiro atoms. The Kier molecular flexibility index (Phi) is 6.04. The molecule has 10 heteroatoms. The molecule has 0 saturated carbocycles. The van der Waals surface area contributed by atoms with Gasteiger partial charge in [-0.1, -0.05) is 24.3 Å². The van der Waals surface area contributed by atoms with Crippen LogP contribution in [0.2, 0.25) is 0 Å². The Morgan fingerprint density at radius 3 is 2.50 bits per heavy atom. The first-order chi connectivity index (χ1) is 15.4. The SMILES string of the molecule is COc1ccc(C=Cc2ncn(CC(O)(Cn3cncn3)c3ccc(F)cc3F)n2)cc1. The van der Waals surface area contributed by atoms with Gasteiger partial charge in [0.25, 0.3) is 0 Å². The van der Waals surface area contributed by atoms with Crippen LogP contribution in [-0.2, 0) is 18.7 Å². The smallest absolute Gasteiger partial charge is 0.173 e. The van der Waals surface area contributed by atoms with Crippen molar-refractivity contribution in [2.75, 3.05) is 7.11 Å². The first-order valence-electron chi connectivity index (χ1n) is 9.67. The first-order valence-corrected chi connectivity index (χ1v) is 9.67. The quantitative estimate of drug-likeness (QED) is 0.455. The van der Waals surface area contributed by atoms with Gasteiger partial charge >= 0.3 is 0 Å². The van der Waals surface area contributed by atoms with Gasteiger partial charge in [-0.2, -0.15) is 10.2 Å². The zero-order valence-corrected chi connectivity index (χ0v) is 17.1. The molecule has 0 fully saturated rings. The van der Waals surface area contributed by atoms with Gasteiger partial charge in [-0.25, -0.2) is 28.1 Å². The normalized spacial score (nSPS) is 13.4. The summed E-state index contributed by atoms with van der Waals surface area (Å²) in [5.74, 6) is -0.443. The maximum Gasteiger partial charge on any atom is 0.173 e. The van der Waals surface area contributed by atoms with Crippen molar-refractivity contribution in [1.82, 2.24) is 29.5 Å². The monoisotopic (exact) mass is 438 g/mol. The van der Waals surface area contributed by atoms with Crippen LogP contribution < -0.4 is 4.74 Å². The highest BCUT2D eigenvalue weighted by Crippen LogP contribution is 2.28. The Morgan fingerprint density at radius 2 is 1.81 bits per heavy atom. The molecule has 2 aromatic carbocycles. The van der Waals surface area contributed by atoms with E-state index in [0.29, 0.717) is 5.82 Å². The molecular weight excluding hydrogens is 418 g/mol. The van der Waals surface area contributed by atoms with Gasteiger partial charge in [-0.15, -0.1) is 0 Å². The van der Waals surface area contributed by atoms with Crippen LogP contribution in [0.3, 0.4) is 0 Å². The number of benzene rings is 2. The predicted molar refractivity (Wildman–Crippen MR) is 112 cm³/mol. The molecule has 4 aromatic rings. The fourth-order valence-corrected chi connectivity index (χ4v) is 3.28. The predicted octanol–water partition coefficient (Wildman–Crippen LogP) is 2.91. The fraction of sp³-hybridized carbons (Fsp3) is 0.182. The summed E-state index contributed by atoms with van der Waals surface area (Å²) in [5.41, 5.74) is -0.936. The zero-order chi connectivity index (χ0) is 22.6. The van der Waals surface area contributed by atoms with E-state index < -0.39 is 17.2 Å². The maximum absolute atomic E-state index is 14.5. The summed E-state index contributed by atoms with van der Waals surface area (Å²) < 4.78 is 35.9. The molecule has 8 nitrogen and oxygen atoms in total. The molecule has 0 radical (unpaired) electrons. The summed E-state index contributed by atoms with van der Waals surface area (Å²) in [6.45, 7) is -0.259. The van der Waals surface area contributed by atoms with Crippen molar-refractivity contribution in [2.24, 2.45) is 0 Å². The van der Waals surface area contributed by atoms with E-state index in [0.717, 1.165) is 23.4 Å². The highest BCUT2D eigenvalue weighted by atomic mass is 19.1. The minimum absolute atomic E-state index is 0.0831. The molecule has 0 amide bonds. The lowest BCUT2D eigenvalue weighted by molar-refractivity contribution is -0.00857. The molecular formula is C22H20F2N6O2. The number of nitrogens with zero attached hydrogens (tertiary/aromatic N) is 6. The van der Waals surface area contributed by atoms with Gasteiger partial charge < -0.3 is 9.84 Å². The van der Waals surface area contributed by atoms with Gasteiger partial charge in [0.15, 0.2) is 5.82 Å². The van der Waals surface area contributed by atoms with Crippen LogP contribution >= 0.6 is 0 Å². The molecule has 2 heterocycles. The van der Waals surface area contributed by atoms with Crippen LogP contribution in [0.5, 0.6) is 5.75 Å². The molecule has 0 aliphatic carbocycles. The molecule has 0 saturated heterocycles. The summed E-state index contributed by atoms with van der Waals surface area (Å²) in [7, 11) is 1.60.